The highest BCUT2D eigenvalue weighted by Gasteiger charge is 2.14. The highest BCUT2D eigenvalue weighted by atomic mass is 19.1. The zero-order valence-corrected chi connectivity index (χ0v) is 10.9. The minimum absolute atomic E-state index is 0.277. The molecule has 3 rings (SSSR count). The second kappa shape index (κ2) is 4.68. The molecule has 0 saturated heterocycles. The Morgan fingerprint density at radius 1 is 1.15 bits per heavy atom. The normalized spacial score (nSPS) is 11.2. The van der Waals surface area contributed by atoms with Crippen molar-refractivity contribution in [2.45, 2.75) is 6.54 Å². The number of rotatable bonds is 2. The third kappa shape index (κ3) is 1.96. The first-order chi connectivity index (χ1) is 9.60. The maximum atomic E-state index is 13.9. The quantitative estimate of drug-likeness (QED) is 0.780. The molecular weight excluding hydrogens is 260 g/mol. The van der Waals surface area contributed by atoms with Crippen molar-refractivity contribution in [1.29, 1.82) is 0 Å². The van der Waals surface area contributed by atoms with Gasteiger partial charge in [-0.05, 0) is 29.8 Å². The Hall–Kier alpha value is -2.27. The van der Waals surface area contributed by atoms with Crippen molar-refractivity contribution in [2.24, 2.45) is 12.8 Å². The molecule has 1 aromatic heterocycles. The molecule has 0 atom stereocenters. The summed E-state index contributed by atoms with van der Waals surface area (Å²) in [5, 5.41) is 0. The van der Waals surface area contributed by atoms with Gasteiger partial charge in [-0.1, -0.05) is 6.07 Å². The molecule has 20 heavy (non-hydrogen) atoms. The molecule has 3 aromatic rings. The predicted octanol–water partition coefficient (Wildman–Crippen LogP) is 2.98. The molecule has 0 aliphatic carbocycles. The van der Waals surface area contributed by atoms with Gasteiger partial charge in [0, 0.05) is 19.7 Å². The molecule has 0 radical (unpaired) electrons. The van der Waals surface area contributed by atoms with Crippen molar-refractivity contribution in [3.8, 4) is 11.4 Å². The summed E-state index contributed by atoms with van der Waals surface area (Å²) in [5.74, 6) is -0.760. The third-order valence-corrected chi connectivity index (χ3v) is 3.35. The molecule has 0 saturated carbocycles. The Balaban J connectivity index is 2.24. The Morgan fingerprint density at radius 3 is 2.65 bits per heavy atom. The van der Waals surface area contributed by atoms with Crippen LogP contribution in [0.4, 0.5) is 8.78 Å². The fraction of sp³-hybridized carbons (Fsp3) is 0.133. The van der Waals surface area contributed by atoms with Gasteiger partial charge >= 0.3 is 0 Å². The zero-order valence-electron chi connectivity index (χ0n) is 10.9. The van der Waals surface area contributed by atoms with E-state index in [1.54, 1.807) is 11.6 Å². The topological polar surface area (TPSA) is 43.8 Å². The van der Waals surface area contributed by atoms with E-state index in [4.69, 9.17) is 5.73 Å². The van der Waals surface area contributed by atoms with Crippen molar-refractivity contribution in [2.75, 3.05) is 0 Å². The number of nitrogens with zero attached hydrogens (tertiary/aromatic N) is 2. The van der Waals surface area contributed by atoms with Crippen LogP contribution in [0, 0.1) is 11.6 Å². The maximum Gasteiger partial charge on any atom is 0.143 e. The molecule has 0 unspecified atom stereocenters. The zero-order chi connectivity index (χ0) is 14.3. The monoisotopic (exact) mass is 273 g/mol. The van der Waals surface area contributed by atoms with E-state index in [0.29, 0.717) is 12.4 Å². The molecule has 102 valence electrons. The van der Waals surface area contributed by atoms with Crippen molar-refractivity contribution in [3.05, 3.63) is 53.6 Å². The molecule has 2 aromatic carbocycles. The molecule has 0 aliphatic heterocycles. The van der Waals surface area contributed by atoms with Gasteiger partial charge in [0.2, 0.25) is 0 Å². The van der Waals surface area contributed by atoms with Gasteiger partial charge in [-0.2, -0.15) is 0 Å². The molecule has 3 nitrogen and oxygen atoms in total. The number of hydrogen-bond acceptors (Lipinski definition) is 2. The van der Waals surface area contributed by atoms with Crippen molar-refractivity contribution < 1.29 is 8.78 Å². The summed E-state index contributed by atoms with van der Waals surface area (Å²) in [4.78, 5) is 4.41. The molecule has 5 heteroatoms. The molecule has 0 fully saturated rings. The highest BCUT2D eigenvalue weighted by molar-refractivity contribution is 5.81. The maximum absolute atomic E-state index is 13.9. The summed E-state index contributed by atoms with van der Waals surface area (Å²) < 4.78 is 28.6. The van der Waals surface area contributed by atoms with E-state index in [0.717, 1.165) is 22.7 Å². The summed E-state index contributed by atoms with van der Waals surface area (Å²) >= 11 is 0. The Labute approximate surface area is 114 Å². The molecule has 0 spiro atoms. The van der Waals surface area contributed by atoms with Crippen LogP contribution in [0.3, 0.4) is 0 Å². The third-order valence-electron chi connectivity index (χ3n) is 3.35. The van der Waals surface area contributed by atoms with Gasteiger partial charge in [-0.3, -0.25) is 0 Å². The van der Waals surface area contributed by atoms with Crippen molar-refractivity contribution in [3.63, 3.8) is 0 Å². The van der Waals surface area contributed by atoms with E-state index in [1.807, 2.05) is 18.2 Å². The number of aromatic nitrogens is 2. The molecule has 0 amide bonds. The molecular formula is C15H13F2N3. The van der Waals surface area contributed by atoms with Crippen molar-refractivity contribution in [1.82, 2.24) is 9.55 Å². The minimum atomic E-state index is -0.623. The van der Waals surface area contributed by atoms with Gasteiger partial charge < -0.3 is 10.3 Å². The van der Waals surface area contributed by atoms with Crippen LogP contribution in [0.1, 0.15) is 5.56 Å². The number of imidazole rings is 1. The number of aryl methyl sites for hydroxylation is 1. The smallest absolute Gasteiger partial charge is 0.143 e. The Morgan fingerprint density at radius 2 is 1.95 bits per heavy atom. The predicted molar refractivity (Wildman–Crippen MR) is 74.0 cm³/mol. The standard InChI is InChI=1S/C15H13F2N3/c1-20-14-6-9(8-18)2-5-13(14)19-15(20)11-4-3-10(16)7-12(11)17/h2-7H,8,18H2,1H3. The number of nitrogens with two attached hydrogens (primary N) is 1. The summed E-state index contributed by atoms with van der Waals surface area (Å²) in [6.45, 7) is 0.432. The molecule has 1 heterocycles. The lowest BCUT2D eigenvalue weighted by molar-refractivity contribution is 0.584. The van der Waals surface area contributed by atoms with Crippen LogP contribution >= 0.6 is 0 Å². The van der Waals surface area contributed by atoms with Crippen LogP contribution in [0.15, 0.2) is 36.4 Å². The number of benzene rings is 2. The van der Waals surface area contributed by atoms with Gasteiger partial charge in [-0.15, -0.1) is 0 Å². The van der Waals surface area contributed by atoms with Crippen LogP contribution in [0.25, 0.3) is 22.4 Å². The number of hydrogen-bond donors (Lipinski definition) is 1. The Kier molecular flexibility index (Phi) is 2.99. The average Bonchev–Trinajstić information content (AvgIpc) is 2.76. The molecule has 0 bridgehead atoms. The lowest BCUT2D eigenvalue weighted by Gasteiger charge is -2.04. The van der Waals surface area contributed by atoms with Crippen LogP contribution in [0.2, 0.25) is 0 Å². The second-order valence-corrected chi connectivity index (χ2v) is 4.65. The summed E-state index contributed by atoms with van der Waals surface area (Å²) in [7, 11) is 1.80. The number of fused-ring (bicyclic) bond motifs is 1. The lowest BCUT2D eigenvalue weighted by atomic mass is 10.2. The van der Waals surface area contributed by atoms with Gasteiger partial charge in [0.25, 0.3) is 0 Å². The fourth-order valence-corrected chi connectivity index (χ4v) is 2.27. The second-order valence-electron chi connectivity index (χ2n) is 4.65. The van der Waals surface area contributed by atoms with Crippen LogP contribution in [0.5, 0.6) is 0 Å². The minimum Gasteiger partial charge on any atom is -0.327 e. The largest absolute Gasteiger partial charge is 0.327 e. The first kappa shape index (κ1) is 12.7. The van der Waals surface area contributed by atoms with Crippen LogP contribution in [-0.4, -0.2) is 9.55 Å². The van der Waals surface area contributed by atoms with E-state index < -0.39 is 11.6 Å². The molecule has 2 N–H and O–H groups in total. The van der Waals surface area contributed by atoms with E-state index in [-0.39, 0.29) is 5.56 Å². The first-order valence-corrected chi connectivity index (χ1v) is 6.21. The summed E-state index contributed by atoms with van der Waals surface area (Å²) in [6.07, 6.45) is 0. The SMILES string of the molecule is Cn1c(-c2ccc(F)cc2F)nc2ccc(CN)cc21. The van der Waals surface area contributed by atoms with E-state index in [9.17, 15) is 8.78 Å². The van der Waals surface area contributed by atoms with Gasteiger partial charge in [0.1, 0.15) is 17.5 Å². The lowest BCUT2D eigenvalue weighted by Crippen LogP contribution is -1.97. The van der Waals surface area contributed by atoms with Gasteiger partial charge in [-0.25, -0.2) is 13.8 Å². The van der Waals surface area contributed by atoms with E-state index in [2.05, 4.69) is 4.98 Å². The Bertz CT molecular complexity index is 793. The van der Waals surface area contributed by atoms with Gasteiger partial charge in [0.05, 0.1) is 16.6 Å². The summed E-state index contributed by atoms with van der Waals surface area (Å²) in [6, 6.07) is 9.15. The average molecular weight is 273 g/mol. The summed E-state index contributed by atoms with van der Waals surface area (Å²) in [5.41, 5.74) is 8.49. The first-order valence-electron chi connectivity index (χ1n) is 6.21. The van der Waals surface area contributed by atoms with E-state index >= 15 is 0 Å². The van der Waals surface area contributed by atoms with Crippen molar-refractivity contribution >= 4 is 11.0 Å². The van der Waals surface area contributed by atoms with Crippen LogP contribution < -0.4 is 5.73 Å². The van der Waals surface area contributed by atoms with Crippen LogP contribution in [-0.2, 0) is 13.6 Å². The number of halogens is 2. The molecule has 0 aliphatic rings. The van der Waals surface area contributed by atoms with Gasteiger partial charge in [0.15, 0.2) is 0 Å². The fourth-order valence-electron chi connectivity index (χ4n) is 2.27. The van der Waals surface area contributed by atoms with E-state index in [1.165, 1.54) is 12.1 Å². The highest BCUT2D eigenvalue weighted by Crippen LogP contribution is 2.26.